The van der Waals surface area contributed by atoms with Gasteiger partial charge in [-0.25, -0.2) is 14.3 Å². The topological polar surface area (TPSA) is 147 Å². The minimum atomic E-state index is -1.23. The van der Waals surface area contributed by atoms with Gasteiger partial charge in [0.25, 0.3) is 0 Å². The maximum absolute atomic E-state index is 13.7. The summed E-state index contributed by atoms with van der Waals surface area (Å²) in [5.41, 5.74) is -1.53. The summed E-state index contributed by atoms with van der Waals surface area (Å²) in [7, 11) is 0. The Morgan fingerprint density at radius 2 is 1.83 bits per heavy atom. The van der Waals surface area contributed by atoms with Crippen molar-refractivity contribution in [3.8, 4) is 0 Å². The summed E-state index contributed by atoms with van der Waals surface area (Å²) in [5.74, 6) is -1.30. The Balaban J connectivity index is 1.84. The first-order valence-corrected chi connectivity index (χ1v) is 12.4. The zero-order valence-corrected chi connectivity index (χ0v) is 21.4. The van der Waals surface area contributed by atoms with E-state index in [1.54, 1.807) is 34.6 Å². The lowest BCUT2D eigenvalue weighted by Crippen LogP contribution is -2.53. The molecular formula is C24H39N5O6. The third-order valence-electron chi connectivity index (χ3n) is 6.68. The zero-order valence-electron chi connectivity index (χ0n) is 21.4. The molecule has 1 saturated heterocycles. The van der Waals surface area contributed by atoms with Crippen LogP contribution in [-0.2, 0) is 19.9 Å². The van der Waals surface area contributed by atoms with Crippen molar-refractivity contribution in [2.75, 3.05) is 6.54 Å². The minimum Gasteiger partial charge on any atom is -0.480 e. The van der Waals surface area contributed by atoms with Gasteiger partial charge in [0.05, 0.1) is 17.9 Å². The smallest absolute Gasteiger partial charge is 0.408 e. The summed E-state index contributed by atoms with van der Waals surface area (Å²) in [6.07, 6.45) is 6.55. The molecular weight excluding hydrogens is 454 g/mol. The van der Waals surface area contributed by atoms with Gasteiger partial charge < -0.3 is 25.2 Å². The second-order valence-electron chi connectivity index (χ2n) is 11.3. The van der Waals surface area contributed by atoms with Gasteiger partial charge in [0, 0.05) is 13.0 Å². The largest absolute Gasteiger partial charge is 0.480 e. The van der Waals surface area contributed by atoms with Crippen molar-refractivity contribution in [3.63, 3.8) is 0 Å². The van der Waals surface area contributed by atoms with E-state index in [4.69, 9.17) is 4.74 Å². The molecule has 1 aliphatic heterocycles. The molecule has 3 rings (SSSR count). The van der Waals surface area contributed by atoms with Crippen LogP contribution in [0.1, 0.15) is 91.3 Å². The Morgan fingerprint density at radius 1 is 1.17 bits per heavy atom. The number of likely N-dealkylation sites (tertiary alicyclic amines) is 1. The maximum atomic E-state index is 13.7. The maximum Gasteiger partial charge on any atom is 0.408 e. The molecule has 2 aliphatic rings. The van der Waals surface area contributed by atoms with Crippen LogP contribution in [-0.4, -0.2) is 72.3 Å². The molecule has 1 aromatic rings. The van der Waals surface area contributed by atoms with E-state index in [0.717, 1.165) is 32.1 Å². The average molecular weight is 494 g/mol. The second-order valence-corrected chi connectivity index (χ2v) is 11.3. The van der Waals surface area contributed by atoms with E-state index < -0.39 is 47.3 Å². The predicted molar refractivity (Wildman–Crippen MR) is 126 cm³/mol. The quantitative estimate of drug-likeness (QED) is 0.525. The third kappa shape index (κ3) is 6.93. The first-order chi connectivity index (χ1) is 16.3. The summed E-state index contributed by atoms with van der Waals surface area (Å²) in [6, 6.07) is -2.44. The number of carboxylic acid groups (broad SMARTS) is 1. The number of hydrogen-bond donors (Lipinski definition) is 3. The molecule has 35 heavy (non-hydrogen) atoms. The van der Waals surface area contributed by atoms with Gasteiger partial charge >= 0.3 is 12.1 Å². The molecule has 3 atom stereocenters. The highest BCUT2D eigenvalue weighted by Crippen LogP contribution is 2.33. The minimum absolute atomic E-state index is 0.0827. The van der Waals surface area contributed by atoms with Gasteiger partial charge in [-0.2, -0.15) is 0 Å². The Kier molecular flexibility index (Phi) is 8.08. The lowest BCUT2D eigenvalue weighted by atomic mass is 9.84. The van der Waals surface area contributed by atoms with E-state index >= 15 is 0 Å². The van der Waals surface area contributed by atoms with E-state index in [0.29, 0.717) is 12.1 Å². The third-order valence-corrected chi connectivity index (χ3v) is 6.68. The van der Waals surface area contributed by atoms with Crippen molar-refractivity contribution in [1.82, 2.24) is 25.2 Å². The van der Waals surface area contributed by atoms with Crippen LogP contribution < -0.4 is 5.32 Å². The number of carboxylic acids is 1. The Labute approximate surface area is 206 Å². The lowest BCUT2D eigenvalue weighted by Gasteiger charge is -2.31. The molecule has 1 saturated carbocycles. The number of aliphatic carboxylic acids is 1. The Hall–Kier alpha value is -2.69. The molecule has 0 radical (unpaired) electrons. The summed E-state index contributed by atoms with van der Waals surface area (Å²) in [5, 5.41) is 31.1. The SMILES string of the molecule is CC(C)(C)OC(=O)N[C@@H](CC1CCCCC1)C(=O)N1C[C@@H](n2nncc2C(C)(C)O)C[C@H]1C(=O)O. The molecule has 196 valence electrons. The molecule has 3 N–H and O–H groups in total. The lowest BCUT2D eigenvalue weighted by molar-refractivity contribution is -0.149. The first kappa shape index (κ1) is 26.9. The molecule has 1 aliphatic carbocycles. The van der Waals surface area contributed by atoms with Gasteiger partial charge in [0.1, 0.15) is 23.3 Å². The van der Waals surface area contributed by atoms with Crippen molar-refractivity contribution in [2.24, 2.45) is 5.92 Å². The molecule has 0 bridgehead atoms. The van der Waals surface area contributed by atoms with Crippen molar-refractivity contribution in [2.45, 2.75) is 109 Å². The highest BCUT2D eigenvalue weighted by Gasteiger charge is 2.45. The second kappa shape index (κ2) is 10.5. The molecule has 2 amide bonds. The van der Waals surface area contributed by atoms with Gasteiger partial charge in [-0.1, -0.05) is 37.3 Å². The van der Waals surface area contributed by atoms with E-state index in [9.17, 15) is 24.6 Å². The Bertz CT molecular complexity index is 912. The number of amides is 2. The van der Waals surface area contributed by atoms with Crippen LogP contribution in [0.2, 0.25) is 0 Å². The van der Waals surface area contributed by atoms with Gasteiger partial charge in [0.15, 0.2) is 0 Å². The number of aromatic nitrogens is 3. The number of nitrogens with one attached hydrogen (secondary N) is 1. The van der Waals surface area contributed by atoms with E-state index in [-0.39, 0.29) is 18.9 Å². The van der Waals surface area contributed by atoms with Crippen molar-refractivity contribution in [1.29, 1.82) is 0 Å². The summed E-state index contributed by atoms with van der Waals surface area (Å²) in [4.78, 5) is 39.8. The number of carbonyl (C=O) groups excluding carboxylic acids is 2. The van der Waals surface area contributed by atoms with Gasteiger partial charge in [-0.3, -0.25) is 4.79 Å². The summed E-state index contributed by atoms with van der Waals surface area (Å²) >= 11 is 0. The fraction of sp³-hybridized carbons (Fsp3) is 0.792. The average Bonchev–Trinajstić information content (AvgIpc) is 3.39. The molecule has 2 fully saturated rings. The van der Waals surface area contributed by atoms with E-state index in [1.807, 2.05) is 0 Å². The van der Waals surface area contributed by atoms with Crippen LogP contribution in [0.15, 0.2) is 6.20 Å². The number of alkyl carbamates (subject to hydrolysis) is 1. The van der Waals surface area contributed by atoms with E-state index in [1.165, 1.54) is 15.8 Å². The number of hydrogen-bond acceptors (Lipinski definition) is 7. The molecule has 2 heterocycles. The van der Waals surface area contributed by atoms with Crippen LogP contribution >= 0.6 is 0 Å². The highest BCUT2D eigenvalue weighted by atomic mass is 16.6. The molecule has 0 spiro atoms. The molecule has 0 aromatic carbocycles. The monoisotopic (exact) mass is 493 g/mol. The summed E-state index contributed by atoms with van der Waals surface area (Å²) < 4.78 is 6.89. The number of nitrogens with zero attached hydrogens (tertiary/aromatic N) is 4. The van der Waals surface area contributed by atoms with Gasteiger partial charge in [-0.15, -0.1) is 5.10 Å². The van der Waals surface area contributed by atoms with Crippen LogP contribution in [0.5, 0.6) is 0 Å². The van der Waals surface area contributed by atoms with Crippen molar-refractivity contribution >= 4 is 18.0 Å². The van der Waals surface area contributed by atoms with Gasteiger partial charge in [0.2, 0.25) is 5.91 Å². The fourth-order valence-electron chi connectivity index (χ4n) is 5.05. The van der Waals surface area contributed by atoms with Crippen LogP contribution in [0.3, 0.4) is 0 Å². The van der Waals surface area contributed by atoms with Crippen molar-refractivity contribution in [3.05, 3.63) is 11.9 Å². The summed E-state index contributed by atoms with van der Waals surface area (Å²) in [6.45, 7) is 8.51. The number of rotatable bonds is 7. The molecule has 11 nitrogen and oxygen atoms in total. The fourth-order valence-corrected chi connectivity index (χ4v) is 5.05. The van der Waals surface area contributed by atoms with Gasteiger partial charge in [-0.05, 0) is 47.0 Å². The van der Waals surface area contributed by atoms with Crippen LogP contribution in [0.4, 0.5) is 4.79 Å². The predicted octanol–water partition coefficient (Wildman–Crippen LogP) is 2.60. The number of aliphatic hydroxyl groups is 1. The van der Waals surface area contributed by atoms with E-state index in [2.05, 4.69) is 15.6 Å². The zero-order chi connectivity index (χ0) is 26.0. The highest BCUT2D eigenvalue weighted by molar-refractivity contribution is 5.90. The molecule has 11 heteroatoms. The molecule has 0 unspecified atom stereocenters. The number of carbonyl (C=O) groups is 3. The normalized spacial score (nSPS) is 22.6. The first-order valence-electron chi connectivity index (χ1n) is 12.4. The van der Waals surface area contributed by atoms with Crippen molar-refractivity contribution < 1.29 is 29.3 Å². The standard InChI is InChI=1S/C24H39N5O6/c1-23(2,3)35-22(33)26-17(11-15-9-7-6-8-10-15)20(30)28-14-16(12-18(28)21(31)32)29-19(13-25-27-29)24(4,5)34/h13,15-18,34H,6-12,14H2,1-5H3,(H,26,33)(H,31,32)/t16-,17-,18-/m0/s1. The van der Waals surface area contributed by atoms with Crippen LogP contribution in [0, 0.1) is 5.92 Å². The molecule has 1 aromatic heterocycles. The van der Waals surface area contributed by atoms with Crippen LogP contribution in [0.25, 0.3) is 0 Å². The Morgan fingerprint density at radius 3 is 2.40 bits per heavy atom. The number of ether oxygens (including phenoxy) is 1.